The summed E-state index contributed by atoms with van der Waals surface area (Å²) < 4.78 is 1.05. The van der Waals surface area contributed by atoms with Crippen molar-refractivity contribution in [2.75, 3.05) is 5.32 Å². The molecule has 0 radical (unpaired) electrons. The topological polar surface area (TPSA) is 37.6 Å². The second kappa shape index (κ2) is 6.75. The van der Waals surface area contributed by atoms with Gasteiger partial charge in [0, 0.05) is 15.7 Å². The summed E-state index contributed by atoms with van der Waals surface area (Å²) in [5, 5.41) is 9.85. The van der Waals surface area contributed by atoms with Crippen molar-refractivity contribution in [1.29, 1.82) is 0 Å². The van der Waals surface area contributed by atoms with Crippen molar-refractivity contribution >= 4 is 33.0 Å². The highest BCUT2D eigenvalue weighted by Crippen LogP contribution is 2.25. The van der Waals surface area contributed by atoms with Gasteiger partial charge in [-0.3, -0.25) is 5.41 Å². The van der Waals surface area contributed by atoms with Crippen LogP contribution in [0, 0.1) is 0 Å². The highest BCUT2D eigenvalue weighted by molar-refractivity contribution is 9.10. The molecule has 1 aliphatic rings. The van der Waals surface area contributed by atoms with Gasteiger partial charge in [-0.05, 0) is 43.2 Å². The van der Waals surface area contributed by atoms with Crippen LogP contribution in [0.2, 0.25) is 0 Å². The molecule has 2 aromatic rings. The first-order chi connectivity index (χ1) is 10.7. The van der Waals surface area contributed by atoms with E-state index >= 15 is 0 Å². The van der Waals surface area contributed by atoms with Gasteiger partial charge in [0.25, 0.3) is 0 Å². The molecule has 0 atom stereocenters. The lowest BCUT2D eigenvalue weighted by Gasteiger charge is -2.12. The molecule has 0 saturated heterocycles. The highest BCUT2D eigenvalue weighted by atomic mass is 79.9. The number of rotatable bonds is 4. The molecular formula is C19H18BrN2+. The predicted molar refractivity (Wildman–Crippen MR) is 96.4 cm³/mol. The number of hydrogen-bond donors (Lipinski definition) is 2. The number of para-hydroxylation sites is 1. The number of nitrogens with two attached hydrogens (primary N) is 1. The molecular weight excluding hydrogens is 336 g/mol. The van der Waals surface area contributed by atoms with Crippen molar-refractivity contribution in [1.82, 2.24) is 0 Å². The van der Waals surface area contributed by atoms with Crippen LogP contribution in [0.3, 0.4) is 0 Å². The van der Waals surface area contributed by atoms with E-state index in [1.807, 2.05) is 36.4 Å². The fourth-order valence-corrected chi connectivity index (χ4v) is 2.92. The first-order valence-corrected chi connectivity index (χ1v) is 8.15. The first-order valence-electron chi connectivity index (χ1n) is 7.35. The molecule has 2 nitrogen and oxygen atoms in total. The number of nitrogens with one attached hydrogen (secondary N) is 1. The van der Waals surface area contributed by atoms with Crippen molar-refractivity contribution < 1.29 is 5.41 Å². The summed E-state index contributed by atoms with van der Waals surface area (Å²) in [6, 6.07) is 16.2. The van der Waals surface area contributed by atoms with E-state index < -0.39 is 0 Å². The van der Waals surface area contributed by atoms with Crippen LogP contribution in [0.1, 0.15) is 18.4 Å². The molecule has 0 fully saturated rings. The molecule has 0 spiro atoms. The van der Waals surface area contributed by atoms with Crippen LogP contribution in [0.25, 0.3) is 0 Å². The maximum atomic E-state index is 6.40. The third-order valence-corrected chi connectivity index (χ3v) is 4.12. The lowest BCUT2D eigenvalue weighted by Crippen LogP contribution is -2.41. The number of halogens is 1. The standard InChI is InChI=1S/C19H17BrN2/c20-15-9-6-10-16(13-15)22-18-12-5-4-11-17(18)19(21)14-7-2-1-3-8-14/h2,4-13,21-22H,1,3H2/p+1. The van der Waals surface area contributed by atoms with Gasteiger partial charge in [0.2, 0.25) is 5.71 Å². The summed E-state index contributed by atoms with van der Waals surface area (Å²) in [6.07, 6.45) is 8.62. The Hall–Kier alpha value is -2.13. The normalized spacial score (nSPS) is 13.6. The first kappa shape index (κ1) is 14.8. The molecule has 0 heterocycles. The van der Waals surface area contributed by atoms with E-state index in [-0.39, 0.29) is 0 Å². The predicted octanol–water partition coefficient (Wildman–Crippen LogP) is 4.02. The summed E-state index contributed by atoms with van der Waals surface area (Å²) in [5.41, 5.74) is 4.99. The molecule has 2 aromatic carbocycles. The summed E-state index contributed by atoms with van der Waals surface area (Å²) in [4.78, 5) is 0. The molecule has 3 N–H and O–H groups in total. The molecule has 3 heteroatoms. The summed E-state index contributed by atoms with van der Waals surface area (Å²) in [7, 11) is 0. The smallest absolute Gasteiger partial charge is 0.213 e. The molecule has 0 aromatic heterocycles. The zero-order valence-corrected chi connectivity index (χ0v) is 13.8. The monoisotopic (exact) mass is 353 g/mol. The molecule has 0 unspecified atom stereocenters. The van der Waals surface area contributed by atoms with Gasteiger partial charge < -0.3 is 5.32 Å². The number of anilines is 2. The number of allylic oxidation sites excluding steroid dienone is 4. The van der Waals surface area contributed by atoms with Gasteiger partial charge in [0.15, 0.2) is 0 Å². The average Bonchev–Trinajstić information content (AvgIpc) is 2.56. The Balaban J connectivity index is 1.91. The third-order valence-electron chi connectivity index (χ3n) is 3.63. The highest BCUT2D eigenvalue weighted by Gasteiger charge is 2.16. The second-order valence-corrected chi connectivity index (χ2v) is 6.15. The van der Waals surface area contributed by atoms with Gasteiger partial charge in [-0.25, -0.2) is 0 Å². The van der Waals surface area contributed by atoms with Gasteiger partial charge in [-0.2, -0.15) is 0 Å². The summed E-state index contributed by atoms with van der Waals surface area (Å²) >= 11 is 3.50. The molecule has 3 rings (SSSR count). The maximum Gasteiger partial charge on any atom is 0.213 e. The van der Waals surface area contributed by atoms with Crippen LogP contribution in [0.15, 0.2) is 76.8 Å². The Kier molecular flexibility index (Phi) is 4.54. The van der Waals surface area contributed by atoms with Crippen LogP contribution in [-0.4, -0.2) is 5.71 Å². The van der Waals surface area contributed by atoms with E-state index in [1.54, 1.807) is 0 Å². The van der Waals surface area contributed by atoms with Gasteiger partial charge in [-0.1, -0.05) is 52.4 Å². The molecule has 22 heavy (non-hydrogen) atoms. The van der Waals surface area contributed by atoms with Crippen LogP contribution in [0.4, 0.5) is 11.4 Å². The Morgan fingerprint density at radius 1 is 1.05 bits per heavy atom. The van der Waals surface area contributed by atoms with Gasteiger partial charge in [0.05, 0.1) is 11.3 Å². The number of benzene rings is 2. The molecule has 0 amide bonds. The van der Waals surface area contributed by atoms with E-state index in [4.69, 9.17) is 5.41 Å². The zero-order chi connectivity index (χ0) is 15.4. The van der Waals surface area contributed by atoms with Crippen LogP contribution in [-0.2, 0) is 0 Å². The Morgan fingerprint density at radius 3 is 2.68 bits per heavy atom. The van der Waals surface area contributed by atoms with Crippen molar-refractivity contribution in [3.05, 3.63) is 82.4 Å². The minimum absolute atomic E-state index is 0.814. The lowest BCUT2D eigenvalue weighted by atomic mass is 9.96. The van der Waals surface area contributed by atoms with Crippen LogP contribution in [0.5, 0.6) is 0 Å². The SMILES string of the molecule is [NH2+]=C(C1=CCCC=C1)c1ccccc1Nc1cccc(Br)c1. The molecule has 0 bridgehead atoms. The van der Waals surface area contributed by atoms with E-state index in [1.165, 1.54) is 0 Å². The Labute approximate surface area is 139 Å². The Morgan fingerprint density at radius 2 is 1.91 bits per heavy atom. The minimum atomic E-state index is 0.814. The van der Waals surface area contributed by atoms with Gasteiger partial charge in [0.1, 0.15) is 0 Å². The van der Waals surface area contributed by atoms with Crippen LogP contribution < -0.4 is 10.7 Å². The fourth-order valence-electron chi connectivity index (χ4n) is 2.52. The van der Waals surface area contributed by atoms with E-state index in [0.29, 0.717) is 0 Å². The van der Waals surface area contributed by atoms with Crippen molar-refractivity contribution in [3.63, 3.8) is 0 Å². The maximum absolute atomic E-state index is 6.40. The molecule has 110 valence electrons. The quantitative estimate of drug-likeness (QED) is 0.800. The number of hydrogen-bond acceptors (Lipinski definition) is 1. The minimum Gasteiger partial charge on any atom is -0.355 e. The Bertz CT molecular complexity index is 760. The fraction of sp³-hybridized carbons (Fsp3) is 0.105. The van der Waals surface area contributed by atoms with Crippen molar-refractivity contribution in [3.8, 4) is 0 Å². The summed E-state index contributed by atoms with van der Waals surface area (Å²) in [5.74, 6) is 0. The van der Waals surface area contributed by atoms with E-state index in [0.717, 1.165) is 45.5 Å². The molecule has 1 aliphatic carbocycles. The van der Waals surface area contributed by atoms with E-state index in [2.05, 4.69) is 51.6 Å². The largest absolute Gasteiger partial charge is 0.355 e. The van der Waals surface area contributed by atoms with Crippen LogP contribution >= 0.6 is 15.9 Å². The van der Waals surface area contributed by atoms with Gasteiger partial charge >= 0.3 is 0 Å². The average molecular weight is 354 g/mol. The third kappa shape index (κ3) is 3.37. The molecule has 0 aliphatic heterocycles. The van der Waals surface area contributed by atoms with Crippen molar-refractivity contribution in [2.24, 2.45) is 0 Å². The van der Waals surface area contributed by atoms with Gasteiger partial charge in [-0.15, -0.1) is 0 Å². The van der Waals surface area contributed by atoms with E-state index in [9.17, 15) is 0 Å². The molecule has 0 saturated carbocycles. The summed E-state index contributed by atoms with van der Waals surface area (Å²) in [6.45, 7) is 0. The second-order valence-electron chi connectivity index (χ2n) is 5.23. The zero-order valence-electron chi connectivity index (χ0n) is 12.2. The lowest BCUT2D eigenvalue weighted by molar-refractivity contribution is -0.111. The van der Waals surface area contributed by atoms with Crippen molar-refractivity contribution in [2.45, 2.75) is 12.8 Å².